The van der Waals surface area contributed by atoms with Crippen LogP contribution in [-0.4, -0.2) is 28.9 Å². The molecule has 1 aliphatic rings. The van der Waals surface area contributed by atoms with E-state index in [-0.39, 0.29) is 11.8 Å². The Morgan fingerprint density at radius 2 is 1.86 bits per heavy atom. The third-order valence-corrected chi connectivity index (χ3v) is 4.09. The molecule has 0 aliphatic heterocycles. The number of hydrogen-bond acceptors (Lipinski definition) is 2. The average Bonchev–Trinajstić information content (AvgIpc) is 3.27. The molecule has 2 aromatic carbocycles. The summed E-state index contributed by atoms with van der Waals surface area (Å²) in [7, 11) is 1.74. The zero-order valence-corrected chi connectivity index (χ0v) is 11.8. The highest BCUT2D eigenvalue weighted by molar-refractivity contribution is 5.90. The zero-order chi connectivity index (χ0) is 15.0. The number of carbonyl (C=O) groups is 2. The van der Waals surface area contributed by atoms with Gasteiger partial charge < -0.3 is 10.0 Å². The SMILES string of the molecule is CN(Cc1cccc2ccccc12)C(=O)C1CC1C(=O)O. The summed E-state index contributed by atoms with van der Waals surface area (Å²) in [5, 5.41) is 11.2. The van der Waals surface area contributed by atoms with Gasteiger partial charge in [0.2, 0.25) is 5.91 Å². The van der Waals surface area contributed by atoms with E-state index in [9.17, 15) is 9.59 Å². The average molecular weight is 283 g/mol. The van der Waals surface area contributed by atoms with Crippen molar-refractivity contribution in [1.82, 2.24) is 4.90 Å². The maximum absolute atomic E-state index is 12.2. The number of aliphatic carboxylic acids is 1. The maximum atomic E-state index is 12.2. The van der Waals surface area contributed by atoms with E-state index in [2.05, 4.69) is 0 Å². The van der Waals surface area contributed by atoms with E-state index >= 15 is 0 Å². The second kappa shape index (κ2) is 5.20. The lowest BCUT2D eigenvalue weighted by atomic mass is 10.0. The summed E-state index contributed by atoms with van der Waals surface area (Å²) in [6.45, 7) is 0.503. The molecule has 1 amide bonds. The van der Waals surface area contributed by atoms with Gasteiger partial charge in [-0.3, -0.25) is 9.59 Å². The highest BCUT2D eigenvalue weighted by Crippen LogP contribution is 2.40. The first kappa shape index (κ1) is 13.6. The maximum Gasteiger partial charge on any atom is 0.307 e. The number of rotatable bonds is 4. The van der Waals surface area contributed by atoms with Gasteiger partial charge in [0.15, 0.2) is 0 Å². The summed E-state index contributed by atoms with van der Waals surface area (Å²) >= 11 is 0. The van der Waals surface area contributed by atoms with Crippen molar-refractivity contribution in [3.8, 4) is 0 Å². The second-order valence-electron chi connectivity index (χ2n) is 5.62. The molecule has 0 radical (unpaired) electrons. The predicted octanol–water partition coefficient (Wildman–Crippen LogP) is 2.52. The Labute approximate surface area is 123 Å². The third kappa shape index (κ3) is 2.61. The fraction of sp³-hybridized carbons (Fsp3) is 0.294. The van der Waals surface area contributed by atoms with E-state index in [1.165, 1.54) is 0 Å². The molecule has 0 saturated heterocycles. The lowest BCUT2D eigenvalue weighted by molar-refractivity contribution is -0.141. The third-order valence-electron chi connectivity index (χ3n) is 4.09. The molecule has 4 nitrogen and oxygen atoms in total. The van der Waals surface area contributed by atoms with Crippen LogP contribution >= 0.6 is 0 Å². The normalized spacial score (nSPS) is 20.2. The van der Waals surface area contributed by atoms with Gasteiger partial charge in [-0.2, -0.15) is 0 Å². The fourth-order valence-electron chi connectivity index (χ4n) is 2.79. The van der Waals surface area contributed by atoms with Crippen molar-refractivity contribution >= 4 is 22.6 Å². The Kier molecular flexibility index (Phi) is 3.37. The van der Waals surface area contributed by atoms with Crippen LogP contribution < -0.4 is 0 Å². The Hall–Kier alpha value is -2.36. The molecule has 1 aliphatic carbocycles. The Balaban J connectivity index is 1.76. The number of amides is 1. The molecule has 1 N–H and O–H groups in total. The molecule has 1 saturated carbocycles. The quantitative estimate of drug-likeness (QED) is 0.938. The zero-order valence-electron chi connectivity index (χ0n) is 11.8. The topological polar surface area (TPSA) is 57.6 Å². The molecule has 2 aromatic rings. The minimum Gasteiger partial charge on any atom is -0.481 e. The van der Waals surface area contributed by atoms with Gasteiger partial charge in [0.1, 0.15) is 0 Å². The van der Waals surface area contributed by atoms with Gasteiger partial charge in [0, 0.05) is 13.6 Å². The summed E-state index contributed by atoms with van der Waals surface area (Å²) in [4.78, 5) is 24.7. The molecule has 0 heterocycles. The molecule has 1 fully saturated rings. The van der Waals surface area contributed by atoms with Crippen LogP contribution in [0.5, 0.6) is 0 Å². The Bertz CT molecular complexity index is 705. The van der Waals surface area contributed by atoms with Crippen LogP contribution in [0.4, 0.5) is 0 Å². The monoisotopic (exact) mass is 283 g/mol. The van der Waals surface area contributed by atoms with Crippen molar-refractivity contribution in [3.63, 3.8) is 0 Å². The molecule has 21 heavy (non-hydrogen) atoms. The highest BCUT2D eigenvalue weighted by Gasteiger charge is 2.49. The van der Waals surface area contributed by atoms with Crippen LogP contribution in [0.3, 0.4) is 0 Å². The summed E-state index contributed by atoms with van der Waals surface area (Å²) in [6.07, 6.45) is 0.466. The lowest BCUT2D eigenvalue weighted by Gasteiger charge is -2.18. The number of fused-ring (bicyclic) bond motifs is 1. The predicted molar refractivity (Wildman–Crippen MR) is 79.7 cm³/mol. The van der Waals surface area contributed by atoms with Gasteiger partial charge in [0.05, 0.1) is 11.8 Å². The standard InChI is InChI=1S/C17H17NO3/c1-18(16(19)14-9-15(14)17(20)21)10-12-7-4-6-11-5-2-3-8-13(11)12/h2-8,14-15H,9-10H2,1H3,(H,20,21). The molecular formula is C17H17NO3. The van der Waals surface area contributed by atoms with Crippen molar-refractivity contribution in [3.05, 3.63) is 48.0 Å². The van der Waals surface area contributed by atoms with Crippen LogP contribution in [0.2, 0.25) is 0 Å². The van der Waals surface area contributed by atoms with E-state index in [1.807, 2.05) is 42.5 Å². The van der Waals surface area contributed by atoms with Crippen molar-refractivity contribution in [2.75, 3.05) is 7.05 Å². The fourth-order valence-corrected chi connectivity index (χ4v) is 2.79. The van der Waals surface area contributed by atoms with Crippen LogP contribution in [-0.2, 0) is 16.1 Å². The van der Waals surface area contributed by atoms with E-state index in [4.69, 9.17) is 5.11 Å². The molecule has 2 atom stereocenters. The first-order valence-corrected chi connectivity index (χ1v) is 7.02. The van der Waals surface area contributed by atoms with Crippen LogP contribution in [0.15, 0.2) is 42.5 Å². The van der Waals surface area contributed by atoms with Crippen LogP contribution in [0.1, 0.15) is 12.0 Å². The minimum absolute atomic E-state index is 0.0738. The molecule has 2 unspecified atom stereocenters. The molecule has 0 bridgehead atoms. The van der Waals surface area contributed by atoms with Crippen molar-refractivity contribution < 1.29 is 14.7 Å². The second-order valence-corrected chi connectivity index (χ2v) is 5.62. The van der Waals surface area contributed by atoms with Crippen LogP contribution in [0, 0.1) is 11.8 Å². The van der Waals surface area contributed by atoms with Gasteiger partial charge >= 0.3 is 5.97 Å². The summed E-state index contributed by atoms with van der Waals surface area (Å²) < 4.78 is 0. The van der Waals surface area contributed by atoms with Gasteiger partial charge in [-0.1, -0.05) is 42.5 Å². The first-order valence-electron chi connectivity index (χ1n) is 7.02. The van der Waals surface area contributed by atoms with Gasteiger partial charge in [-0.25, -0.2) is 0 Å². The summed E-state index contributed by atoms with van der Waals surface area (Å²) in [6, 6.07) is 14.1. The number of benzene rings is 2. The van der Waals surface area contributed by atoms with E-state index in [1.54, 1.807) is 11.9 Å². The van der Waals surface area contributed by atoms with Crippen molar-refractivity contribution in [2.45, 2.75) is 13.0 Å². The van der Waals surface area contributed by atoms with Crippen molar-refractivity contribution in [2.24, 2.45) is 11.8 Å². The Morgan fingerprint density at radius 1 is 1.14 bits per heavy atom. The number of carboxylic acid groups (broad SMARTS) is 1. The lowest BCUT2D eigenvalue weighted by Crippen LogP contribution is -2.28. The van der Waals surface area contributed by atoms with Crippen LogP contribution in [0.25, 0.3) is 10.8 Å². The summed E-state index contributed by atoms with van der Waals surface area (Å²) in [5.41, 5.74) is 1.08. The molecule has 3 rings (SSSR count). The number of nitrogens with zero attached hydrogens (tertiary/aromatic N) is 1. The smallest absolute Gasteiger partial charge is 0.307 e. The minimum atomic E-state index is -0.869. The molecule has 108 valence electrons. The van der Waals surface area contributed by atoms with Gasteiger partial charge in [-0.05, 0) is 22.8 Å². The Morgan fingerprint density at radius 3 is 2.57 bits per heavy atom. The van der Waals surface area contributed by atoms with E-state index in [0.717, 1.165) is 16.3 Å². The largest absolute Gasteiger partial charge is 0.481 e. The molecule has 0 spiro atoms. The summed E-state index contributed by atoms with van der Waals surface area (Å²) in [5.74, 6) is -1.78. The van der Waals surface area contributed by atoms with Gasteiger partial charge in [0.25, 0.3) is 0 Å². The number of carbonyl (C=O) groups excluding carboxylic acids is 1. The van der Waals surface area contributed by atoms with Gasteiger partial charge in [-0.15, -0.1) is 0 Å². The van der Waals surface area contributed by atoms with E-state index < -0.39 is 11.9 Å². The molecule has 4 heteroatoms. The number of hydrogen-bond donors (Lipinski definition) is 1. The molecular weight excluding hydrogens is 266 g/mol. The van der Waals surface area contributed by atoms with E-state index in [0.29, 0.717) is 13.0 Å². The first-order chi connectivity index (χ1) is 10.1. The van der Waals surface area contributed by atoms with Crippen molar-refractivity contribution in [1.29, 1.82) is 0 Å². The molecule has 0 aromatic heterocycles. The number of carboxylic acids is 1. The highest BCUT2D eigenvalue weighted by atomic mass is 16.4.